The van der Waals surface area contributed by atoms with Crippen molar-refractivity contribution < 1.29 is 23.4 Å². The lowest BCUT2D eigenvalue weighted by atomic mass is 9.87. The van der Waals surface area contributed by atoms with Gasteiger partial charge in [-0.1, -0.05) is 51.0 Å². The lowest BCUT2D eigenvalue weighted by Gasteiger charge is -2.21. The van der Waals surface area contributed by atoms with Gasteiger partial charge in [-0.05, 0) is 49.4 Å². The molecule has 0 aromatic heterocycles. The fraction of sp³-hybridized carbons (Fsp3) is 0.739. The molecule has 1 aromatic rings. The Labute approximate surface area is 187 Å². The quantitative estimate of drug-likeness (QED) is 0.235. The summed E-state index contributed by atoms with van der Waals surface area (Å²) in [6, 6.07) is 4.42. The van der Waals surface area contributed by atoms with E-state index >= 15 is 0 Å². The van der Waals surface area contributed by atoms with Crippen LogP contribution in [-0.4, -0.2) is 51.2 Å². The Morgan fingerprint density at radius 2 is 1.84 bits per heavy atom. The van der Waals surface area contributed by atoms with Crippen LogP contribution in [0, 0.1) is 5.92 Å². The molecule has 7 nitrogen and oxygen atoms in total. The van der Waals surface area contributed by atoms with Crippen molar-refractivity contribution in [3.63, 3.8) is 0 Å². The minimum atomic E-state index is -3.50. The number of rotatable bonds is 15. The Bertz CT molecular complexity index is 735. The van der Waals surface area contributed by atoms with Crippen LogP contribution in [0.15, 0.2) is 18.2 Å². The average Bonchev–Trinajstić information content (AvgIpc) is 2.73. The van der Waals surface area contributed by atoms with Gasteiger partial charge in [-0.2, -0.15) is 0 Å². The molecule has 1 atom stereocenters. The van der Waals surface area contributed by atoms with Gasteiger partial charge < -0.3 is 20.3 Å². The number of anilines is 1. The van der Waals surface area contributed by atoms with Crippen LogP contribution >= 0.6 is 0 Å². The van der Waals surface area contributed by atoms with E-state index in [1.165, 1.54) is 50.7 Å². The summed E-state index contributed by atoms with van der Waals surface area (Å²) in [5.74, 6) is 0.714. The molecular weight excluding hydrogens is 416 g/mol. The van der Waals surface area contributed by atoms with Gasteiger partial charge in [-0.15, -0.1) is 0 Å². The summed E-state index contributed by atoms with van der Waals surface area (Å²) in [6.45, 7) is 2.94. The van der Waals surface area contributed by atoms with Crippen molar-refractivity contribution in [2.45, 2.75) is 70.3 Å². The van der Waals surface area contributed by atoms with Crippen molar-refractivity contribution in [2.24, 2.45) is 5.92 Å². The second-order valence-electron chi connectivity index (χ2n) is 8.69. The number of aromatic hydroxyl groups is 1. The predicted octanol–water partition coefficient (Wildman–Crippen LogP) is 3.93. The standard InChI is InChI=1S/C23H40N2O5S/c1-31(28,29)25-21-17-20(11-12-22(21)26)23(27)18-24-14-7-2-3-8-15-30-16-13-19-9-5-4-6-10-19/h11-12,17,19,23-27H,2-10,13-16,18H2,1H3. The first-order valence-electron chi connectivity index (χ1n) is 11.6. The largest absolute Gasteiger partial charge is 0.506 e. The van der Waals surface area contributed by atoms with Crippen molar-refractivity contribution in [1.29, 1.82) is 0 Å². The molecule has 0 amide bonds. The van der Waals surface area contributed by atoms with Crippen LogP contribution in [0.25, 0.3) is 0 Å². The van der Waals surface area contributed by atoms with Crippen LogP contribution in [-0.2, 0) is 14.8 Å². The molecule has 1 fully saturated rings. The lowest BCUT2D eigenvalue weighted by molar-refractivity contribution is 0.110. The normalized spacial score (nSPS) is 16.3. The molecule has 1 aliphatic carbocycles. The van der Waals surface area contributed by atoms with E-state index in [1.807, 2.05) is 0 Å². The lowest BCUT2D eigenvalue weighted by Crippen LogP contribution is -2.22. The molecule has 0 bridgehead atoms. The third-order valence-electron chi connectivity index (χ3n) is 5.83. The predicted molar refractivity (Wildman–Crippen MR) is 125 cm³/mol. The molecule has 1 aliphatic rings. The average molecular weight is 457 g/mol. The number of ether oxygens (including phenoxy) is 1. The van der Waals surface area contributed by atoms with Crippen LogP contribution in [0.5, 0.6) is 5.75 Å². The Hall–Kier alpha value is -1.35. The first kappa shape index (κ1) is 25.9. The summed E-state index contributed by atoms with van der Waals surface area (Å²) in [7, 11) is -3.50. The number of hydrogen-bond donors (Lipinski definition) is 4. The minimum Gasteiger partial charge on any atom is -0.506 e. The van der Waals surface area contributed by atoms with Gasteiger partial charge in [0.2, 0.25) is 10.0 Å². The van der Waals surface area contributed by atoms with Gasteiger partial charge in [0.1, 0.15) is 5.75 Å². The van der Waals surface area contributed by atoms with E-state index in [2.05, 4.69) is 10.0 Å². The number of benzene rings is 1. The topological polar surface area (TPSA) is 108 Å². The Kier molecular flexibility index (Phi) is 11.6. The minimum absolute atomic E-state index is 0.0695. The summed E-state index contributed by atoms with van der Waals surface area (Å²) in [4.78, 5) is 0. The maximum absolute atomic E-state index is 11.4. The van der Waals surface area contributed by atoms with Crippen molar-refractivity contribution >= 4 is 15.7 Å². The molecule has 1 saturated carbocycles. The molecule has 4 N–H and O–H groups in total. The van der Waals surface area contributed by atoms with E-state index < -0.39 is 16.1 Å². The van der Waals surface area contributed by atoms with Gasteiger partial charge in [0.25, 0.3) is 0 Å². The Morgan fingerprint density at radius 3 is 2.58 bits per heavy atom. The zero-order valence-electron chi connectivity index (χ0n) is 18.8. The number of nitrogens with one attached hydrogen (secondary N) is 2. The first-order chi connectivity index (χ1) is 14.8. The van der Waals surface area contributed by atoms with Gasteiger partial charge in [0.15, 0.2) is 0 Å². The van der Waals surface area contributed by atoms with E-state index in [4.69, 9.17) is 4.74 Å². The molecule has 1 aromatic carbocycles. The summed E-state index contributed by atoms with van der Waals surface area (Å²) < 4.78 is 30.8. The molecule has 0 aliphatic heterocycles. The van der Waals surface area contributed by atoms with Crippen LogP contribution in [0.1, 0.15) is 75.9 Å². The highest BCUT2D eigenvalue weighted by atomic mass is 32.2. The van der Waals surface area contributed by atoms with Gasteiger partial charge in [-0.25, -0.2) is 8.42 Å². The first-order valence-corrected chi connectivity index (χ1v) is 13.5. The van der Waals surface area contributed by atoms with E-state index in [0.717, 1.165) is 57.6 Å². The number of phenolic OH excluding ortho intramolecular Hbond substituents is 1. The molecule has 0 radical (unpaired) electrons. The smallest absolute Gasteiger partial charge is 0.229 e. The zero-order chi connectivity index (χ0) is 22.5. The molecule has 8 heteroatoms. The van der Waals surface area contributed by atoms with E-state index in [-0.39, 0.29) is 11.4 Å². The Morgan fingerprint density at radius 1 is 1.10 bits per heavy atom. The third kappa shape index (κ3) is 11.2. The highest BCUT2D eigenvalue weighted by Crippen LogP contribution is 2.28. The monoisotopic (exact) mass is 456 g/mol. The van der Waals surface area contributed by atoms with Crippen molar-refractivity contribution in [2.75, 3.05) is 37.3 Å². The molecule has 2 rings (SSSR count). The molecule has 178 valence electrons. The summed E-state index contributed by atoms with van der Waals surface area (Å²) >= 11 is 0. The van der Waals surface area contributed by atoms with Crippen molar-refractivity contribution in [1.82, 2.24) is 5.32 Å². The summed E-state index contributed by atoms with van der Waals surface area (Å²) in [5.41, 5.74) is 0.613. The van der Waals surface area contributed by atoms with Crippen LogP contribution in [0.2, 0.25) is 0 Å². The summed E-state index contributed by atoms with van der Waals surface area (Å²) in [6.07, 6.45) is 12.8. The van der Waals surface area contributed by atoms with Gasteiger partial charge in [0.05, 0.1) is 18.0 Å². The molecule has 31 heavy (non-hydrogen) atoms. The SMILES string of the molecule is CS(=O)(=O)Nc1cc(C(O)CNCCCCCCOCCC2CCCCC2)ccc1O. The molecule has 1 unspecified atom stereocenters. The van der Waals surface area contributed by atoms with Gasteiger partial charge in [-0.3, -0.25) is 4.72 Å². The van der Waals surface area contributed by atoms with Crippen molar-refractivity contribution in [3.05, 3.63) is 23.8 Å². The van der Waals surface area contributed by atoms with Crippen LogP contribution in [0.4, 0.5) is 5.69 Å². The second-order valence-corrected chi connectivity index (χ2v) is 10.4. The fourth-order valence-electron chi connectivity index (χ4n) is 4.03. The second kappa shape index (κ2) is 13.9. The maximum atomic E-state index is 11.4. The van der Waals surface area contributed by atoms with E-state index in [1.54, 1.807) is 6.07 Å². The van der Waals surface area contributed by atoms with Crippen LogP contribution in [0.3, 0.4) is 0 Å². The van der Waals surface area contributed by atoms with Gasteiger partial charge >= 0.3 is 0 Å². The number of aliphatic hydroxyl groups is 1. The summed E-state index contributed by atoms with van der Waals surface area (Å²) in [5, 5.41) is 23.3. The van der Waals surface area contributed by atoms with E-state index in [9.17, 15) is 18.6 Å². The number of hydrogen-bond acceptors (Lipinski definition) is 6. The fourth-order valence-corrected chi connectivity index (χ4v) is 4.60. The van der Waals surface area contributed by atoms with Crippen molar-refractivity contribution in [3.8, 4) is 5.75 Å². The molecule has 0 saturated heterocycles. The zero-order valence-corrected chi connectivity index (χ0v) is 19.6. The Balaban J connectivity index is 1.49. The number of unbranched alkanes of at least 4 members (excludes halogenated alkanes) is 3. The number of phenols is 1. The third-order valence-corrected chi connectivity index (χ3v) is 6.42. The highest BCUT2D eigenvalue weighted by molar-refractivity contribution is 7.92. The highest BCUT2D eigenvalue weighted by Gasteiger charge is 2.13. The molecule has 0 spiro atoms. The van der Waals surface area contributed by atoms with E-state index in [0.29, 0.717) is 12.1 Å². The molecular formula is C23H40N2O5S. The number of sulfonamides is 1. The van der Waals surface area contributed by atoms with Crippen LogP contribution < -0.4 is 10.0 Å². The number of aliphatic hydroxyl groups excluding tert-OH is 1. The maximum Gasteiger partial charge on any atom is 0.229 e. The van der Waals surface area contributed by atoms with Gasteiger partial charge in [0, 0.05) is 19.8 Å². The molecule has 0 heterocycles.